The average Bonchev–Trinajstić information content (AvgIpc) is 2.40. The summed E-state index contributed by atoms with van der Waals surface area (Å²) < 4.78 is 5.64. The number of nitrogens with one attached hydrogen (secondary N) is 1. The zero-order valence-corrected chi connectivity index (χ0v) is 11.9. The number of hydrogen-bond donors (Lipinski definition) is 2. The minimum absolute atomic E-state index is 0.391. The lowest BCUT2D eigenvalue weighted by molar-refractivity contribution is 0.0601. The largest absolute Gasteiger partial charge is 0.465 e. The number of benzene rings is 2. The Hall–Kier alpha value is -2.01. The fourth-order valence-electron chi connectivity index (χ4n) is 1.63. The number of carbonyl (C=O) groups excluding carboxylic acids is 1. The molecule has 0 aromatic heterocycles. The summed E-state index contributed by atoms with van der Waals surface area (Å²) in [7, 11) is 1.35. The highest BCUT2D eigenvalue weighted by Crippen LogP contribution is 2.26. The first-order chi connectivity index (χ1) is 9.10. The fourth-order valence-corrected chi connectivity index (χ4v) is 2.03. The molecule has 19 heavy (non-hydrogen) atoms. The van der Waals surface area contributed by atoms with Gasteiger partial charge >= 0.3 is 5.97 Å². The Bertz CT molecular complexity index is 614. The molecule has 5 heteroatoms. The van der Waals surface area contributed by atoms with Crippen LogP contribution in [0.1, 0.15) is 10.4 Å². The summed E-state index contributed by atoms with van der Waals surface area (Å²) in [6.07, 6.45) is 0. The lowest BCUT2D eigenvalue weighted by Crippen LogP contribution is -2.04. The van der Waals surface area contributed by atoms with Crippen LogP contribution in [-0.2, 0) is 4.74 Å². The molecule has 2 rings (SSSR count). The van der Waals surface area contributed by atoms with Crippen LogP contribution in [0.15, 0.2) is 46.9 Å². The topological polar surface area (TPSA) is 64.3 Å². The van der Waals surface area contributed by atoms with Crippen molar-refractivity contribution in [3.05, 3.63) is 52.5 Å². The minimum atomic E-state index is -0.391. The van der Waals surface area contributed by atoms with Gasteiger partial charge in [0, 0.05) is 10.2 Å². The highest BCUT2D eigenvalue weighted by atomic mass is 79.9. The third-order valence-corrected chi connectivity index (χ3v) is 3.07. The third-order valence-electron chi connectivity index (χ3n) is 2.58. The van der Waals surface area contributed by atoms with E-state index in [-0.39, 0.29) is 0 Å². The molecule has 4 nitrogen and oxygen atoms in total. The number of nitrogen functional groups attached to an aromatic ring is 1. The van der Waals surface area contributed by atoms with E-state index in [1.807, 2.05) is 24.3 Å². The van der Waals surface area contributed by atoms with Gasteiger partial charge in [0.15, 0.2) is 0 Å². The SMILES string of the molecule is COC(=O)c1ccc(N)c(Nc2cccc(Br)c2)c1. The van der Waals surface area contributed by atoms with Crippen molar-refractivity contribution in [3.8, 4) is 0 Å². The van der Waals surface area contributed by atoms with Crippen molar-refractivity contribution in [1.82, 2.24) is 0 Å². The van der Waals surface area contributed by atoms with Crippen LogP contribution in [0.5, 0.6) is 0 Å². The Morgan fingerprint density at radius 2 is 2.05 bits per heavy atom. The van der Waals surface area contributed by atoms with Crippen molar-refractivity contribution < 1.29 is 9.53 Å². The predicted molar refractivity (Wildman–Crippen MR) is 79.6 cm³/mol. The van der Waals surface area contributed by atoms with E-state index in [1.165, 1.54) is 7.11 Å². The number of esters is 1. The Kier molecular flexibility index (Phi) is 4.06. The fraction of sp³-hybridized carbons (Fsp3) is 0.0714. The van der Waals surface area contributed by atoms with Crippen molar-refractivity contribution in [2.24, 2.45) is 0 Å². The lowest BCUT2D eigenvalue weighted by Gasteiger charge is -2.11. The molecule has 0 amide bonds. The van der Waals surface area contributed by atoms with Gasteiger partial charge < -0.3 is 15.8 Å². The van der Waals surface area contributed by atoms with Gasteiger partial charge in [0.2, 0.25) is 0 Å². The molecule has 0 fully saturated rings. The summed E-state index contributed by atoms with van der Waals surface area (Å²) in [5.41, 5.74) is 8.45. The van der Waals surface area contributed by atoms with E-state index in [0.717, 1.165) is 10.2 Å². The van der Waals surface area contributed by atoms with Crippen LogP contribution in [0.3, 0.4) is 0 Å². The number of hydrogen-bond acceptors (Lipinski definition) is 4. The van der Waals surface area contributed by atoms with Crippen molar-refractivity contribution in [1.29, 1.82) is 0 Å². The molecule has 0 unspecified atom stereocenters. The van der Waals surface area contributed by atoms with Gasteiger partial charge in [0.1, 0.15) is 0 Å². The molecule has 98 valence electrons. The second-order valence-corrected chi connectivity index (χ2v) is 4.84. The lowest BCUT2D eigenvalue weighted by atomic mass is 10.1. The van der Waals surface area contributed by atoms with Crippen LogP contribution >= 0.6 is 15.9 Å². The van der Waals surface area contributed by atoms with Gasteiger partial charge in [-0.25, -0.2) is 4.79 Å². The standard InChI is InChI=1S/C14H13BrN2O2/c1-19-14(18)9-5-6-12(16)13(7-9)17-11-4-2-3-10(15)8-11/h2-8,17H,16H2,1H3. The van der Waals surface area contributed by atoms with E-state index < -0.39 is 5.97 Å². The zero-order valence-electron chi connectivity index (χ0n) is 10.3. The predicted octanol–water partition coefficient (Wildman–Crippen LogP) is 3.56. The molecular weight excluding hydrogens is 308 g/mol. The molecule has 0 aliphatic heterocycles. The Balaban J connectivity index is 2.31. The van der Waals surface area contributed by atoms with Crippen LogP contribution in [0, 0.1) is 0 Å². The monoisotopic (exact) mass is 320 g/mol. The summed E-state index contributed by atoms with van der Waals surface area (Å²) >= 11 is 3.40. The van der Waals surface area contributed by atoms with Gasteiger partial charge in [0.05, 0.1) is 24.0 Å². The first-order valence-electron chi connectivity index (χ1n) is 5.60. The molecule has 2 aromatic rings. The van der Waals surface area contributed by atoms with Gasteiger partial charge in [-0.2, -0.15) is 0 Å². The van der Waals surface area contributed by atoms with Crippen molar-refractivity contribution in [2.45, 2.75) is 0 Å². The zero-order chi connectivity index (χ0) is 13.8. The number of nitrogens with two attached hydrogens (primary N) is 1. The van der Waals surface area contributed by atoms with Gasteiger partial charge in [-0.1, -0.05) is 22.0 Å². The molecule has 0 saturated carbocycles. The number of carbonyl (C=O) groups is 1. The number of anilines is 3. The van der Waals surface area contributed by atoms with Crippen LogP contribution in [0.2, 0.25) is 0 Å². The molecule has 0 aliphatic rings. The second-order valence-electron chi connectivity index (χ2n) is 3.93. The van der Waals surface area contributed by atoms with E-state index >= 15 is 0 Å². The molecular formula is C14H13BrN2O2. The van der Waals surface area contributed by atoms with Crippen molar-refractivity contribution >= 4 is 39.0 Å². The minimum Gasteiger partial charge on any atom is -0.465 e. The van der Waals surface area contributed by atoms with Crippen LogP contribution in [-0.4, -0.2) is 13.1 Å². The normalized spacial score (nSPS) is 10.0. The highest BCUT2D eigenvalue weighted by Gasteiger charge is 2.08. The van der Waals surface area contributed by atoms with Crippen LogP contribution in [0.4, 0.5) is 17.1 Å². The summed E-state index contributed by atoms with van der Waals surface area (Å²) in [6, 6.07) is 12.6. The van der Waals surface area contributed by atoms with E-state index in [2.05, 4.69) is 26.0 Å². The Morgan fingerprint density at radius 1 is 1.26 bits per heavy atom. The second kappa shape index (κ2) is 5.75. The molecule has 0 radical (unpaired) electrons. The van der Waals surface area contributed by atoms with E-state index in [9.17, 15) is 4.79 Å². The van der Waals surface area contributed by atoms with Gasteiger partial charge in [-0.05, 0) is 36.4 Å². The molecule has 0 heterocycles. The smallest absolute Gasteiger partial charge is 0.337 e. The number of rotatable bonds is 3. The molecule has 0 atom stereocenters. The summed E-state index contributed by atoms with van der Waals surface area (Å²) in [6.45, 7) is 0. The summed E-state index contributed by atoms with van der Waals surface area (Å²) in [5, 5.41) is 3.17. The molecule has 2 aromatic carbocycles. The molecule has 0 saturated heterocycles. The number of halogens is 1. The molecule has 0 spiro atoms. The van der Waals surface area contributed by atoms with Gasteiger partial charge in [-0.3, -0.25) is 0 Å². The maximum Gasteiger partial charge on any atom is 0.337 e. The van der Waals surface area contributed by atoms with E-state index in [4.69, 9.17) is 5.73 Å². The third kappa shape index (κ3) is 3.26. The van der Waals surface area contributed by atoms with Crippen LogP contribution in [0.25, 0.3) is 0 Å². The molecule has 0 aliphatic carbocycles. The maximum absolute atomic E-state index is 11.5. The van der Waals surface area contributed by atoms with E-state index in [0.29, 0.717) is 16.9 Å². The quantitative estimate of drug-likeness (QED) is 0.670. The van der Waals surface area contributed by atoms with Gasteiger partial charge in [0.25, 0.3) is 0 Å². The Morgan fingerprint density at radius 3 is 2.74 bits per heavy atom. The average molecular weight is 321 g/mol. The van der Waals surface area contributed by atoms with E-state index in [1.54, 1.807) is 18.2 Å². The van der Waals surface area contributed by atoms with Crippen molar-refractivity contribution in [2.75, 3.05) is 18.2 Å². The van der Waals surface area contributed by atoms with Crippen molar-refractivity contribution in [3.63, 3.8) is 0 Å². The number of methoxy groups -OCH3 is 1. The maximum atomic E-state index is 11.5. The number of ether oxygens (including phenoxy) is 1. The first kappa shape index (κ1) is 13.4. The van der Waals surface area contributed by atoms with Crippen LogP contribution < -0.4 is 11.1 Å². The highest BCUT2D eigenvalue weighted by molar-refractivity contribution is 9.10. The molecule has 3 N–H and O–H groups in total. The summed E-state index contributed by atoms with van der Waals surface area (Å²) in [5.74, 6) is -0.391. The molecule has 0 bridgehead atoms. The van der Waals surface area contributed by atoms with Gasteiger partial charge in [-0.15, -0.1) is 0 Å². The first-order valence-corrected chi connectivity index (χ1v) is 6.40. The Labute approximate surface area is 119 Å². The summed E-state index contributed by atoms with van der Waals surface area (Å²) in [4.78, 5) is 11.5.